The Bertz CT molecular complexity index is 518. The average molecular weight is 326 g/mol. The zero-order valence-electron chi connectivity index (χ0n) is 13.2. The van der Waals surface area contributed by atoms with Crippen LogP contribution in [-0.4, -0.2) is 59.6 Å². The van der Waals surface area contributed by atoms with Crippen molar-refractivity contribution < 1.29 is 28.9 Å². The summed E-state index contributed by atoms with van der Waals surface area (Å²) >= 11 is 0. The number of esters is 2. The summed E-state index contributed by atoms with van der Waals surface area (Å²) < 4.78 is 16.3. The summed E-state index contributed by atoms with van der Waals surface area (Å²) in [5.74, 6) is -1.06. The molecule has 0 bridgehead atoms. The molecule has 3 N–H and O–H groups in total. The molecule has 0 amide bonds. The first-order valence-electron chi connectivity index (χ1n) is 7.40. The molecule has 8 heteroatoms. The molecule has 2 aliphatic heterocycles. The maximum absolute atomic E-state index is 11.4. The van der Waals surface area contributed by atoms with Crippen LogP contribution in [0.15, 0.2) is 24.0 Å². The smallest absolute Gasteiger partial charge is 0.303 e. The van der Waals surface area contributed by atoms with E-state index in [1.807, 2.05) is 12.3 Å². The van der Waals surface area contributed by atoms with Crippen molar-refractivity contribution in [3.8, 4) is 0 Å². The summed E-state index contributed by atoms with van der Waals surface area (Å²) in [7, 11) is 0. The second kappa shape index (κ2) is 7.58. The van der Waals surface area contributed by atoms with Crippen LogP contribution in [0.2, 0.25) is 0 Å². The van der Waals surface area contributed by atoms with Crippen LogP contribution in [-0.2, 0) is 23.8 Å². The normalized spacial score (nSPS) is 30.1. The van der Waals surface area contributed by atoms with Gasteiger partial charge < -0.3 is 30.0 Å². The highest BCUT2D eigenvalue weighted by molar-refractivity contribution is 5.67. The Morgan fingerprint density at radius 3 is 2.57 bits per heavy atom. The van der Waals surface area contributed by atoms with Gasteiger partial charge in [0, 0.05) is 32.8 Å². The first-order valence-corrected chi connectivity index (χ1v) is 7.40. The molecule has 0 unspecified atom stereocenters. The summed E-state index contributed by atoms with van der Waals surface area (Å²) in [6.07, 6.45) is 3.01. The third-order valence-corrected chi connectivity index (χ3v) is 3.61. The molecule has 1 saturated heterocycles. The van der Waals surface area contributed by atoms with Gasteiger partial charge in [-0.2, -0.15) is 0 Å². The molecule has 4 atom stereocenters. The molecule has 0 aromatic carbocycles. The molecule has 8 nitrogen and oxygen atoms in total. The number of carbonyl (C=O) groups is 2. The molecule has 23 heavy (non-hydrogen) atoms. The number of carbonyl (C=O) groups excluding carboxylic acids is 2. The van der Waals surface area contributed by atoms with E-state index in [1.54, 1.807) is 11.1 Å². The Hall–Kier alpha value is -1.90. The van der Waals surface area contributed by atoms with Gasteiger partial charge in [0.05, 0.1) is 6.61 Å². The third-order valence-electron chi connectivity index (χ3n) is 3.61. The van der Waals surface area contributed by atoms with Crippen molar-refractivity contribution in [1.29, 1.82) is 0 Å². The Balaban J connectivity index is 2.27. The van der Waals surface area contributed by atoms with Crippen LogP contribution in [0.5, 0.6) is 0 Å². The van der Waals surface area contributed by atoms with Crippen LogP contribution in [0.4, 0.5) is 0 Å². The number of allylic oxidation sites excluding steroid dienone is 1. The highest BCUT2D eigenvalue weighted by Gasteiger charge is 2.50. The van der Waals surface area contributed by atoms with Crippen LogP contribution < -0.4 is 5.73 Å². The number of hydrogen-bond acceptors (Lipinski definition) is 8. The molecule has 128 valence electrons. The number of rotatable bonds is 5. The second-order valence-electron chi connectivity index (χ2n) is 5.42. The Labute approximate surface area is 134 Å². The maximum atomic E-state index is 11.4. The van der Waals surface area contributed by atoms with Crippen molar-refractivity contribution in [2.45, 2.75) is 44.8 Å². The van der Waals surface area contributed by atoms with Gasteiger partial charge in [-0.25, -0.2) is 0 Å². The lowest BCUT2D eigenvalue weighted by Crippen LogP contribution is -2.44. The molecule has 2 rings (SSSR count). The first-order chi connectivity index (χ1) is 11.0. The summed E-state index contributed by atoms with van der Waals surface area (Å²) in [4.78, 5) is 24.5. The highest BCUT2D eigenvalue weighted by Crippen LogP contribution is 2.31. The van der Waals surface area contributed by atoms with Crippen LogP contribution >= 0.6 is 0 Å². The van der Waals surface area contributed by atoms with Crippen molar-refractivity contribution >= 4 is 11.9 Å². The summed E-state index contributed by atoms with van der Waals surface area (Å²) in [5, 5.41) is 9.49. The van der Waals surface area contributed by atoms with E-state index in [-0.39, 0.29) is 6.61 Å². The topological polar surface area (TPSA) is 111 Å². The largest absolute Gasteiger partial charge is 0.456 e. The van der Waals surface area contributed by atoms with E-state index < -0.39 is 36.5 Å². The van der Waals surface area contributed by atoms with Gasteiger partial charge in [-0.15, -0.1) is 0 Å². The number of nitrogens with two attached hydrogens (primary N) is 1. The van der Waals surface area contributed by atoms with Crippen molar-refractivity contribution in [3.63, 3.8) is 0 Å². The first kappa shape index (κ1) is 17.5. The lowest BCUT2D eigenvalue weighted by atomic mass is 10.1. The molecular weight excluding hydrogens is 304 g/mol. The predicted molar refractivity (Wildman–Crippen MR) is 79.6 cm³/mol. The van der Waals surface area contributed by atoms with Gasteiger partial charge >= 0.3 is 11.9 Å². The van der Waals surface area contributed by atoms with Crippen molar-refractivity contribution in [3.05, 3.63) is 24.0 Å². The number of aliphatic hydroxyl groups is 1. The molecule has 0 aliphatic carbocycles. The SMILES string of the molecule is CC(=O)O[C@@H]1[C@H](OC(C)=O)[C@@H](CO)O[C@H]1N1C=CCC(CN)=C1. The molecule has 1 fully saturated rings. The summed E-state index contributed by atoms with van der Waals surface area (Å²) in [6.45, 7) is 2.54. The van der Waals surface area contributed by atoms with E-state index in [0.717, 1.165) is 12.0 Å². The van der Waals surface area contributed by atoms with Gasteiger partial charge in [-0.3, -0.25) is 9.59 Å². The Kier molecular flexibility index (Phi) is 5.75. The standard InChI is InChI=1S/C15H22N2O6/c1-9(19)21-13-12(8-18)23-15(14(13)22-10(2)20)17-5-3-4-11(6-16)7-17/h3,5,7,12-15,18H,4,6,8,16H2,1-2H3/t12-,13-,14-,15-/m1/s1. The van der Waals surface area contributed by atoms with Crippen molar-refractivity contribution in [1.82, 2.24) is 4.90 Å². The average Bonchev–Trinajstić information content (AvgIpc) is 2.84. The van der Waals surface area contributed by atoms with Crippen molar-refractivity contribution in [2.24, 2.45) is 5.73 Å². The fraction of sp³-hybridized carbons (Fsp3) is 0.600. The lowest BCUT2D eigenvalue weighted by Gasteiger charge is -2.31. The van der Waals surface area contributed by atoms with E-state index in [1.165, 1.54) is 13.8 Å². The van der Waals surface area contributed by atoms with E-state index in [4.69, 9.17) is 19.9 Å². The summed E-state index contributed by atoms with van der Waals surface area (Å²) in [6, 6.07) is 0. The summed E-state index contributed by atoms with van der Waals surface area (Å²) in [5.41, 5.74) is 6.64. The van der Waals surface area contributed by atoms with Crippen molar-refractivity contribution in [2.75, 3.05) is 13.2 Å². The Morgan fingerprint density at radius 1 is 1.35 bits per heavy atom. The minimum atomic E-state index is -0.878. The van der Waals surface area contributed by atoms with Crippen LogP contribution in [0.25, 0.3) is 0 Å². The number of aliphatic hydroxyl groups excluding tert-OH is 1. The maximum Gasteiger partial charge on any atom is 0.303 e. The van der Waals surface area contributed by atoms with Crippen LogP contribution in [0, 0.1) is 0 Å². The van der Waals surface area contributed by atoms with E-state index in [9.17, 15) is 14.7 Å². The number of hydrogen-bond donors (Lipinski definition) is 2. The molecular formula is C15H22N2O6. The number of nitrogens with zero attached hydrogens (tertiary/aromatic N) is 1. The second-order valence-corrected chi connectivity index (χ2v) is 5.42. The fourth-order valence-corrected chi connectivity index (χ4v) is 2.67. The molecule has 2 aliphatic rings. The van der Waals surface area contributed by atoms with Crippen LogP contribution in [0.3, 0.4) is 0 Å². The van der Waals surface area contributed by atoms with E-state index in [0.29, 0.717) is 6.54 Å². The number of ether oxygens (including phenoxy) is 3. The van der Waals surface area contributed by atoms with Gasteiger partial charge in [-0.05, 0) is 12.0 Å². The van der Waals surface area contributed by atoms with Gasteiger partial charge in [0.1, 0.15) is 6.10 Å². The molecule has 0 aromatic heterocycles. The zero-order valence-corrected chi connectivity index (χ0v) is 13.2. The Morgan fingerprint density at radius 2 is 2.00 bits per heavy atom. The molecule has 0 saturated carbocycles. The quantitative estimate of drug-likeness (QED) is 0.658. The highest BCUT2D eigenvalue weighted by atomic mass is 16.6. The molecule has 0 radical (unpaired) electrons. The van der Waals surface area contributed by atoms with E-state index in [2.05, 4.69) is 0 Å². The van der Waals surface area contributed by atoms with Gasteiger partial charge in [0.15, 0.2) is 18.4 Å². The monoisotopic (exact) mass is 326 g/mol. The van der Waals surface area contributed by atoms with Crippen LogP contribution in [0.1, 0.15) is 20.3 Å². The van der Waals surface area contributed by atoms with Gasteiger partial charge in [0.2, 0.25) is 0 Å². The van der Waals surface area contributed by atoms with E-state index >= 15 is 0 Å². The third kappa shape index (κ3) is 4.10. The van der Waals surface area contributed by atoms with Gasteiger partial charge in [0.25, 0.3) is 0 Å². The van der Waals surface area contributed by atoms with Gasteiger partial charge in [-0.1, -0.05) is 6.08 Å². The molecule has 0 aromatic rings. The predicted octanol–water partition coefficient (Wildman–Crippen LogP) is -0.371. The molecule has 2 heterocycles. The minimum absolute atomic E-state index is 0.364. The minimum Gasteiger partial charge on any atom is -0.456 e. The lowest BCUT2D eigenvalue weighted by molar-refractivity contribution is -0.166. The fourth-order valence-electron chi connectivity index (χ4n) is 2.67. The molecule has 0 spiro atoms. The zero-order chi connectivity index (χ0) is 17.0.